The lowest BCUT2D eigenvalue weighted by Crippen LogP contribution is -1.82. The molecule has 14 heavy (non-hydrogen) atoms. The maximum Gasteiger partial charge on any atom is 0.179 e. The van der Waals surface area contributed by atoms with Crippen LogP contribution in [0.1, 0.15) is 0 Å². The summed E-state index contributed by atoms with van der Waals surface area (Å²) in [5, 5.41) is 2.29. The van der Waals surface area contributed by atoms with Crippen molar-refractivity contribution in [3.8, 4) is 5.75 Å². The van der Waals surface area contributed by atoms with Crippen molar-refractivity contribution in [2.45, 2.75) is 0 Å². The Morgan fingerprint density at radius 2 is 1.79 bits per heavy atom. The summed E-state index contributed by atoms with van der Waals surface area (Å²) < 4.78 is 5.56. The van der Waals surface area contributed by atoms with Gasteiger partial charge in [0.05, 0.1) is 0 Å². The van der Waals surface area contributed by atoms with E-state index in [0.29, 0.717) is 0 Å². The highest BCUT2D eigenvalue weighted by molar-refractivity contribution is 7.79. The molecule has 0 saturated heterocycles. The van der Waals surface area contributed by atoms with E-state index in [2.05, 4.69) is 12.1 Å². The first-order valence-electron chi connectivity index (χ1n) is 4.32. The Morgan fingerprint density at radius 3 is 2.57 bits per heavy atom. The summed E-state index contributed by atoms with van der Waals surface area (Å²) in [4.78, 5) is 0. The summed E-state index contributed by atoms with van der Waals surface area (Å²) in [6.45, 7) is 1.87. The zero-order chi connectivity index (χ0) is 9.97. The van der Waals surface area contributed by atoms with E-state index in [4.69, 9.17) is 15.8 Å². The highest BCUT2D eigenvalue weighted by atomic mass is 35.7. The molecule has 0 aromatic heterocycles. The lowest BCUT2D eigenvalue weighted by molar-refractivity contribution is 0.638. The van der Waals surface area contributed by atoms with Gasteiger partial charge in [-0.15, -0.1) is 0 Å². The molecular weight excluding hydrogens is 215 g/mol. The van der Waals surface area contributed by atoms with Gasteiger partial charge in [0.1, 0.15) is 5.75 Å². The van der Waals surface area contributed by atoms with Crippen LogP contribution >= 0.6 is 18.7 Å². The van der Waals surface area contributed by atoms with E-state index in [1.165, 1.54) is 5.39 Å². The van der Waals surface area contributed by atoms with Crippen LogP contribution in [0.5, 0.6) is 5.75 Å². The van der Waals surface area contributed by atoms with Gasteiger partial charge in [-0.25, -0.2) is 0 Å². The fourth-order valence-electron chi connectivity index (χ4n) is 1.41. The number of hydrogen-bond donors (Lipinski definition) is 0. The molecule has 2 aromatic carbocycles. The van der Waals surface area contributed by atoms with Crippen LogP contribution in [0.2, 0.25) is 0 Å². The number of halogens is 1. The molecule has 0 aliphatic rings. The second-order valence-electron chi connectivity index (χ2n) is 2.99. The zero-order valence-corrected chi connectivity index (χ0v) is 9.43. The van der Waals surface area contributed by atoms with Crippen LogP contribution in [0.3, 0.4) is 0 Å². The average Bonchev–Trinajstić information content (AvgIpc) is 2.18. The lowest BCUT2D eigenvalue weighted by atomic mass is 10.1. The second-order valence-corrected chi connectivity index (χ2v) is 5.44. The SMILES string of the molecule is CP(Cl)Oc1cccc2ccccc12. The lowest BCUT2D eigenvalue weighted by Gasteiger charge is -2.09. The number of benzene rings is 2. The van der Waals surface area contributed by atoms with E-state index in [0.717, 1.165) is 11.1 Å². The van der Waals surface area contributed by atoms with E-state index in [1.54, 1.807) is 0 Å². The Labute approximate surface area is 89.3 Å². The molecule has 0 bridgehead atoms. The monoisotopic (exact) mass is 224 g/mol. The molecule has 1 atom stereocenters. The smallest absolute Gasteiger partial charge is 0.179 e. The first-order chi connectivity index (χ1) is 6.77. The molecule has 0 spiro atoms. The molecule has 0 saturated carbocycles. The fraction of sp³-hybridized carbons (Fsp3) is 0.0909. The number of fused-ring (bicyclic) bond motifs is 1. The largest absolute Gasteiger partial charge is 0.457 e. The third-order valence-corrected chi connectivity index (χ3v) is 2.63. The van der Waals surface area contributed by atoms with Crippen LogP contribution in [0.4, 0.5) is 0 Å². The van der Waals surface area contributed by atoms with Gasteiger partial charge in [0.25, 0.3) is 0 Å². The Morgan fingerprint density at radius 1 is 1.07 bits per heavy atom. The summed E-state index contributed by atoms with van der Waals surface area (Å²) in [7, 11) is -0.878. The zero-order valence-electron chi connectivity index (χ0n) is 7.77. The van der Waals surface area contributed by atoms with Crippen LogP contribution in [0, 0.1) is 0 Å². The topological polar surface area (TPSA) is 9.23 Å². The van der Waals surface area contributed by atoms with Crippen LogP contribution in [-0.2, 0) is 0 Å². The van der Waals surface area contributed by atoms with Gasteiger partial charge in [0, 0.05) is 12.1 Å². The summed E-state index contributed by atoms with van der Waals surface area (Å²) in [5.74, 6) is 0.867. The van der Waals surface area contributed by atoms with Crippen molar-refractivity contribution in [2.75, 3.05) is 6.66 Å². The third-order valence-electron chi connectivity index (χ3n) is 1.97. The summed E-state index contributed by atoms with van der Waals surface area (Å²) in [6, 6.07) is 14.1. The Kier molecular flexibility index (Phi) is 2.90. The van der Waals surface area contributed by atoms with Crippen molar-refractivity contribution in [1.82, 2.24) is 0 Å². The average molecular weight is 225 g/mol. The fourth-order valence-corrected chi connectivity index (χ4v) is 2.06. The number of rotatable bonds is 2. The van der Waals surface area contributed by atoms with Crippen molar-refractivity contribution >= 4 is 29.5 Å². The molecule has 1 unspecified atom stereocenters. The van der Waals surface area contributed by atoms with Crippen LogP contribution in [0.25, 0.3) is 10.8 Å². The maximum atomic E-state index is 5.86. The summed E-state index contributed by atoms with van der Waals surface area (Å²) >= 11 is 5.86. The third kappa shape index (κ3) is 2.00. The molecule has 3 heteroatoms. The van der Waals surface area contributed by atoms with Gasteiger partial charge in [-0.1, -0.05) is 47.6 Å². The molecule has 2 rings (SSSR count). The van der Waals surface area contributed by atoms with E-state index >= 15 is 0 Å². The van der Waals surface area contributed by atoms with Crippen molar-refractivity contribution in [3.05, 3.63) is 42.5 Å². The van der Waals surface area contributed by atoms with E-state index in [9.17, 15) is 0 Å². The van der Waals surface area contributed by atoms with Gasteiger partial charge in [0.2, 0.25) is 0 Å². The van der Waals surface area contributed by atoms with Crippen molar-refractivity contribution in [1.29, 1.82) is 0 Å². The Bertz CT molecular complexity index is 437. The molecule has 0 fully saturated rings. The maximum absolute atomic E-state index is 5.86. The van der Waals surface area contributed by atoms with E-state index < -0.39 is 7.50 Å². The standard InChI is InChI=1S/C11H10ClOP/c1-14(12)13-11-8-4-6-9-5-2-3-7-10(9)11/h2-8H,1H3. The van der Waals surface area contributed by atoms with E-state index in [1.807, 2.05) is 37.0 Å². The molecule has 0 aliphatic heterocycles. The Hall–Kier alpha value is -0.780. The molecule has 72 valence electrons. The minimum atomic E-state index is -0.878. The molecule has 0 amide bonds. The summed E-state index contributed by atoms with van der Waals surface area (Å²) in [6.07, 6.45) is 0. The first kappa shape index (κ1) is 9.76. The molecule has 0 N–H and O–H groups in total. The number of hydrogen-bond acceptors (Lipinski definition) is 1. The van der Waals surface area contributed by atoms with Gasteiger partial charge in [-0.05, 0) is 11.5 Å². The minimum absolute atomic E-state index is 0.867. The predicted octanol–water partition coefficient (Wildman–Crippen LogP) is 4.40. The Balaban J connectivity index is 2.53. The van der Waals surface area contributed by atoms with Crippen LogP contribution < -0.4 is 4.52 Å². The normalized spacial score (nSPS) is 12.7. The van der Waals surface area contributed by atoms with Gasteiger partial charge in [-0.3, -0.25) is 0 Å². The molecule has 0 heterocycles. The van der Waals surface area contributed by atoms with Crippen molar-refractivity contribution < 1.29 is 4.52 Å². The van der Waals surface area contributed by atoms with Crippen molar-refractivity contribution in [3.63, 3.8) is 0 Å². The summed E-state index contributed by atoms with van der Waals surface area (Å²) in [5.41, 5.74) is 0. The highest BCUT2D eigenvalue weighted by Crippen LogP contribution is 2.41. The van der Waals surface area contributed by atoms with Gasteiger partial charge < -0.3 is 4.52 Å². The van der Waals surface area contributed by atoms with Gasteiger partial charge >= 0.3 is 0 Å². The van der Waals surface area contributed by atoms with Gasteiger partial charge in [0.15, 0.2) is 7.50 Å². The van der Waals surface area contributed by atoms with Crippen LogP contribution in [0.15, 0.2) is 42.5 Å². The molecule has 2 aromatic rings. The molecular formula is C11H10ClOP. The molecule has 1 nitrogen and oxygen atoms in total. The van der Waals surface area contributed by atoms with Crippen LogP contribution in [-0.4, -0.2) is 6.66 Å². The quantitative estimate of drug-likeness (QED) is 0.687. The predicted molar refractivity (Wildman–Crippen MR) is 63.3 cm³/mol. The molecule has 0 radical (unpaired) electrons. The van der Waals surface area contributed by atoms with Gasteiger partial charge in [-0.2, -0.15) is 0 Å². The highest BCUT2D eigenvalue weighted by Gasteiger charge is 2.03. The van der Waals surface area contributed by atoms with E-state index in [-0.39, 0.29) is 0 Å². The second kappa shape index (κ2) is 4.16. The first-order valence-corrected chi connectivity index (χ1v) is 6.94. The van der Waals surface area contributed by atoms with Crippen molar-refractivity contribution in [2.24, 2.45) is 0 Å². The minimum Gasteiger partial charge on any atom is -0.457 e. The molecule has 0 aliphatic carbocycles.